The Bertz CT molecular complexity index is 1710. The van der Waals surface area contributed by atoms with Gasteiger partial charge in [-0.1, -0.05) is 50.1 Å². The fraction of sp³-hybridized carbons (Fsp3) is 0.370. The van der Waals surface area contributed by atoms with Crippen molar-refractivity contribution in [3.8, 4) is 5.75 Å². The molecule has 0 saturated heterocycles. The van der Waals surface area contributed by atoms with Crippen molar-refractivity contribution >= 4 is 85.4 Å². The Labute approximate surface area is 289 Å². The van der Waals surface area contributed by atoms with Crippen molar-refractivity contribution in [2.24, 2.45) is 0 Å². The van der Waals surface area contributed by atoms with Crippen molar-refractivity contribution in [3.63, 3.8) is 0 Å². The number of rotatable bonds is 13. The monoisotopic (exact) mass is 771 g/mol. The molecule has 1 aromatic heterocycles. The van der Waals surface area contributed by atoms with E-state index >= 15 is 0 Å². The Hall–Kier alpha value is -0.810. The molecule has 0 unspecified atom stereocenters. The second-order valence-electron chi connectivity index (χ2n) is 9.59. The molecule has 4 rings (SSSR count). The Morgan fingerprint density at radius 2 is 1.74 bits per heavy atom. The number of nitrogens with zero attached hydrogens (tertiary/aromatic N) is 2. The summed E-state index contributed by atoms with van der Waals surface area (Å²) in [6.45, 7) is 3.11. The van der Waals surface area contributed by atoms with Crippen molar-refractivity contribution in [1.29, 1.82) is 0 Å². The maximum Gasteiger partial charge on any atom is 1.00 e. The van der Waals surface area contributed by atoms with Gasteiger partial charge >= 0.3 is 29.6 Å². The Morgan fingerprint density at radius 3 is 2.43 bits per heavy atom. The van der Waals surface area contributed by atoms with Crippen LogP contribution in [0.3, 0.4) is 0 Å². The first-order chi connectivity index (χ1) is 19.3. The molecule has 1 aliphatic heterocycles. The van der Waals surface area contributed by atoms with E-state index in [9.17, 15) is 21.4 Å². The normalized spacial score (nSPS) is 14.7. The Kier molecular flexibility index (Phi) is 13.1. The second kappa shape index (κ2) is 15.5. The minimum Gasteiger partial charge on any atom is -0.748 e. The molecule has 0 bridgehead atoms. The number of unbranched alkanes of at least 4 members (excludes halogenated alkanes) is 2. The molecule has 9 nitrogen and oxygen atoms in total. The van der Waals surface area contributed by atoms with Crippen LogP contribution in [0.1, 0.15) is 44.0 Å². The van der Waals surface area contributed by atoms with E-state index in [-0.39, 0.29) is 47.5 Å². The van der Waals surface area contributed by atoms with Crippen LogP contribution in [0.4, 0.5) is 5.69 Å². The number of ether oxygens (including phenoxy) is 1. The third-order valence-corrected chi connectivity index (χ3v) is 10.2. The molecule has 2 heterocycles. The molecule has 0 saturated carbocycles. The number of thiazole rings is 1. The van der Waals surface area contributed by atoms with Gasteiger partial charge in [-0.15, -0.1) is 0 Å². The summed E-state index contributed by atoms with van der Waals surface area (Å²) < 4.78 is 76.0. The van der Waals surface area contributed by atoms with Crippen molar-refractivity contribution in [2.75, 3.05) is 23.0 Å². The van der Waals surface area contributed by atoms with Crippen LogP contribution in [0.25, 0.3) is 16.3 Å². The average molecular weight is 774 g/mol. The Morgan fingerprint density at radius 1 is 1.05 bits per heavy atom. The summed E-state index contributed by atoms with van der Waals surface area (Å²) in [6, 6.07) is 11.8. The van der Waals surface area contributed by atoms with E-state index in [2.05, 4.69) is 42.5 Å². The summed E-state index contributed by atoms with van der Waals surface area (Å²) in [4.78, 5) is 2.01. The van der Waals surface area contributed by atoms with Gasteiger partial charge in [0.15, 0.2) is 12.3 Å². The number of aryl methyl sites for hydroxylation is 1. The fourth-order valence-corrected chi connectivity index (χ4v) is 7.46. The van der Waals surface area contributed by atoms with Gasteiger partial charge in [-0.25, -0.2) is 8.42 Å². The SMILES string of the molecule is CCC(/C=C1\Oc2ccc(Br)cc2N1CCCCS(=O)(=O)O)=C\c1sc2ccc(Br)cc2[n+]1CCCCS(=O)(=O)[O-].[Na+]. The topological polar surface area (TPSA) is 128 Å². The molecular weight excluding hydrogens is 743 g/mol. The van der Waals surface area contributed by atoms with Gasteiger partial charge in [0.2, 0.25) is 11.4 Å². The fourth-order valence-electron chi connectivity index (χ4n) is 4.49. The standard InChI is InChI=1S/C27H30Br2N2O7S3.Na/c1-2-19(15-26-30(11-3-5-13-40(32,33)34)22-17-20(28)7-9-24(22)38-26)16-27-31(12-4-6-14-41(35,36)37)23-18-21(29)8-10-25(23)39-27;/h7-10,15-18H,2-6,11-14H2,1H3,(H-,32,33,34,35,36,37);/q;+1. The molecule has 0 aliphatic carbocycles. The predicted octanol–water partition coefficient (Wildman–Crippen LogP) is 3.25. The van der Waals surface area contributed by atoms with Gasteiger partial charge in [0.05, 0.1) is 21.6 Å². The Balaban J connectivity index is 0.00000484. The second-order valence-corrected chi connectivity index (χ2v) is 15.6. The van der Waals surface area contributed by atoms with Gasteiger partial charge in [0.25, 0.3) is 15.1 Å². The first-order valence-corrected chi connectivity index (χ1v) is 18.6. The summed E-state index contributed by atoms with van der Waals surface area (Å²) in [5, 5.41) is 0.981. The summed E-state index contributed by atoms with van der Waals surface area (Å²) in [7, 11) is -8.28. The molecule has 0 radical (unpaired) electrons. The number of fused-ring (bicyclic) bond motifs is 2. The molecule has 222 valence electrons. The van der Waals surface area contributed by atoms with Crippen molar-refractivity contribution in [1.82, 2.24) is 0 Å². The summed E-state index contributed by atoms with van der Waals surface area (Å²) in [6.07, 6.45) is 6.44. The molecule has 1 aliphatic rings. The number of hydrogen-bond acceptors (Lipinski definition) is 8. The number of halogens is 2. The van der Waals surface area contributed by atoms with Gasteiger partial charge in [0.1, 0.15) is 4.70 Å². The zero-order chi connectivity index (χ0) is 29.8. The van der Waals surface area contributed by atoms with Gasteiger partial charge in [-0.05, 0) is 61.6 Å². The summed E-state index contributed by atoms with van der Waals surface area (Å²) in [5.74, 6) is 0.633. The van der Waals surface area contributed by atoms with Crippen LogP contribution in [-0.4, -0.2) is 44.0 Å². The molecule has 42 heavy (non-hydrogen) atoms. The number of aromatic nitrogens is 1. The van der Waals surface area contributed by atoms with Gasteiger partial charge < -0.3 is 14.2 Å². The molecule has 0 atom stereocenters. The van der Waals surface area contributed by atoms with Crippen LogP contribution in [0.15, 0.2) is 62.9 Å². The number of allylic oxidation sites excluding steroid dienone is 2. The van der Waals surface area contributed by atoms with Crippen LogP contribution < -0.4 is 43.8 Å². The molecular formula is C27H30Br2N2NaO7S3+. The molecule has 3 aromatic rings. The quantitative estimate of drug-likeness (QED) is 0.122. The van der Waals surface area contributed by atoms with Crippen molar-refractivity contribution in [2.45, 2.75) is 45.6 Å². The minimum atomic E-state index is -4.25. The van der Waals surface area contributed by atoms with E-state index in [0.29, 0.717) is 50.4 Å². The average Bonchev–Trinajstić information content (AvgIpc) is 3.39. The largest absolute Gasteiger partial charge is 1.00 e. The number of hydrogen-bond donors (Lipinski definition) is 1. The third kappa shape index (κ3) is 10.1. The molecule has 0 spiro atoms. The maximum atomic E-state index is 11.2. The smallest absolute Gasteiger partial charge is 0.748 e. The van der Waals surface area contributed by atoms with Crippen LogP contribution in [-0.2, 0) is 26.8 Å². The van der Waals surface area contributed by atoms with E-state index < -0.39 is 20.2 Å². The first kappa shape index (κ1) is 35.7. The molecule has 2 aromatic carbocycles. The van der Waals surface area contributed by atoms with Crippen LogP contribution in [0.5, 0.6) is 5.75 Å². The predicted molar refractivity (Wildman–Crippen MR) is 168 cm³/mol. The van der Waals surface area contributed by atoms with Crippen molar-refractivity contribution < 1.29 is 64.8 Å². The van der Waals surface area contributed by atoms with Crippen LogP contribution in [0, 0.1) is 0 Å². The zero-order valence-corrected chi connectivity index (χ0v) is 30.9. The summed E-state index contributed by atoms with van der Waals surface area (Å²) in [5.41, 5.74) is 2.87. The summed E-state index contributed by atoms with van der Waals surface area (Å²) >= 11 is 8.68. The van der Waals surface area contributed by atoms with Gasteiger partial charge in [-0.2, -0.15) is 13.0 Å². The third-order valence-electron chi connectivity index (χ3n) is 6.47. The van der Waals surface area contributed by atoms with E-state index in [0.717, 1.165) is 35.4 Å². The maximum absolute atomic E-state index is 11.2. The number of benzene rings is 2. The molecule has 1 N–H and O–H groups in total. The van der Waals surface area contributed by atoms with E-state index in [1.807, 2.05) is 54.3 Å². The first-order valence-electron chi connectivity index (χ1n) is 13.0. The van der Waals surface area contributed by atoms with Crippen LogP contribution in [0.2, 0.25) is 0 Å². The van der Waals surface area contributed by atoms with E-state index in [1.54, 1.807) is 11.3 Å². The number of anilines is 1. The van der Waals surface area contributed by atoms with Crippen LogP contribution >= 0.6 is 43.2 Å². The van der Waals surface area contributed by atoms with Crippen molar-refractivity contribution in [3.05, 3.63) is 67.9 Å². The molecule has 15 heteroatoms. The van der Waals surface area contributed by atoms with Gasteiger partial charge in [0, 0.05) is 45.9 Å². The zero-order valence-electron chi connectivity index (χ0n) is 23.3. The minimum absolute atomic E-state index is 0. The van der Waals surface area contributed by atoms with E-state index in [4.69, 9.17) is 9.29 Å². The van der Waals surface area contributed by atoms with Gasteiger partial charge in [-0.3, -0.25) is 4.55 Å². The van der Waals surface area contributed by atoms with E-state index in [1.165, 1.54) is 0 Å². The molecule has 0 fully saturated rings. The molecule has 0 amide bonds.